The average Bonchev–Trinajstić information content (AvgIpc) is 2.06. The largest absolute Gasteiger partial charge is 0.337 e. The number of carbonyl (C=O) groups is 1. The molecule has 0 saturated carbocycles. The molecule has 0 aromatic heterocycles. The molecule has 1 amide bonds. The van der Waals surface area contributed by atoms with Crippen LogP contribution in [0.15, 0.2) is 11.6 Å². The van der Waals surface area contributed by atoms with Gasteiger partial charge in [0.15, 0.2) is 0 Å². The van der Waals surface area contributed by atoms with Crippen molar-refractivity contribution in [1.82, 2.24) is 5.32 Å². The van der Waals surface area contributed by atoms with E-state index >= 15 is 0 Å². The predicted molar refractivity (Wildman–Crippen MR) is 55.1 cm³/mol. The molecule has 1 N–H and O–H groups in total. The Bertz CT molecular complexity index is 256. The van der Waals surface area contributed by atoms with Crippen molar-refractivity contribution >= 4 is 5.91 Å². The molecule has 0 atom stereocenters. The first-order valence-electron chi connectivity index (χ1n) is 4.42. The zero-order valence-corrected chi connectivity index (χ0v) is 8.77. The summed E-state index contributed by atoms with van der Waals surface area (Å²) in [6.07, 6.45) is 7.79. The van der Waals surface area contributed by atoms with E-state index in [2.05, 4.69) is 11.2 Å². The Hall–Kier alpha value is -1.23. The van der Waals surface area contributed by atoms with Crippen LogP contribution in [-0.2, 0) is 4.79 Å². The molecule has 0 radical (unpaired) electrons. The molecule has 0 spiro atoms. The Morgan fingerprint density at radius 1 is 1.62 bits per heavy atom. The summed E-state index contributed by atoms with van der Waals surface area (Å²) in [4.78, 5) is 11.5. The van der Waals surface area contributed by atoms with Crippen molar-refractivity contribution in [3.8, 4) is 12.3 Å². The first kappa shape index (κ1) is 11.8. The smallest absolute Gasteiger partial charge is 0.248 e. The molecule has 0 aromatic rings. The van der Waals surface area contributed by atoms with Crippen LogP contribution in [0.3, 0.4) is 0 Å². The van der Waals surface area contributed by atoms with E-state index in [1.54, 1.807) is 13.8 Å². The summed E-state index contributed by atoms with van der Waals surface area (Å²) >= 11 is 0. The van der Waals surface area contributed by atoms with Gasteiger partial charge < -0.3 is 5.32 Å². The number of allylic oxidation sites excluding steroid dienone is 1. The molecule has 2 nitrogen and oxygen atoms in total. The SMILES string of the molecule is C#CC(C)(C)NC(=O)/C(=C\C)CC. The normalized spacial score (nSPS) is 12.1. The first-order chi connectivity index (χ1) is 5.96. The van der Waals surface area contributed by atoms with E-state index in [-0.39, 0.29) is 5.91 Å². The second kappa shape index (κ2) is 4.71. The fourth-order valence-corrected chi connectivity index (χ4v) is 0.896. The van der Waals surface area contributed by atoms with Crippen molar-refractivity contribution in [3.63, 3.8) is 0 Å². The van der Waals surface area contributed by atoms with Crippen molar-refractivity contribution < 1.29 is 4.79 Å². The summed E-state index contributed by atoms with van der Waals surface area (Å²) < 4.78 is 0. The number of hydrogen-bond donors (Lipinski definition) is 1. The van der Waals surface area contributed by atoms with Gasteiger partial charge in [-0.2, -0.15) is 0 Å². The van der Waals surface area contributed by atoms with Gasteiger partial charge in [-0.3, -0.25) is 4.79 Å². The molecule has 0 aliphatic heterocycles. The van der Waals surface area contributed by atoms with Gasteiger partial charge in [0.1, 0.15) is 0 Å². The van der Waals surface area contributed by atoms with E-state index in [0.29, 0.717) is 0 Å². The maximum absolute atomic E-state index is 11.5. The highest BCUT2D eigenvalue weighted by Gasteiger charge is 2.17. The molecular formula is C11H17NO. The molecule has 0 fully saturated rings. The van der Waals surface area contributed by atoms with Gasteiger partial charge in [0.05, 0.1) is 5.54 Å². The van der Waals surface area contributed by atoms with E-state index in [1.807, 2.05) is 19.9 Å². The van der Waals surface area contributed by atoms with Gasteiger partial charge in [0.2, 0.25) is 5.91 Å². The number of amides is 1. The first-order valence-corrected chi connectivity index (χ1v) is 4.42. The number of rotatable bonds is 3. The van der Waals surface area contributed by atoms with Gasteiger partial charge in [-0.15, -0.1) is 6.42 Å². The zero-order chi connectivity index (χ0) is 10.5. The van der Waals surface area contributed by atoms with Crippen LogP contribution in [0.5, 0.6) is 0 Å². The second-order valence-corrected chi connectivity index (χ2v) is 3.39. The molecule has 0 unspecified atom stereocenters. The van der Waals surface area contributed by atoms with E-state index in [1.165, 1.54) is 0 Å². The van der Waals surface area contributed by atoms with Gasteiger partial charge in [-0.05, 0) is 27.2 Å². The molecule has 0 aliphatic rings. The number of carbonyl (C=O) groups excluding carboxylic acids is 1. The summed E-state index contributed by atoms with van der Waals surface area (Å²) in [5.41, 5.74) is 0.198. The molecule has 0 heterocycles. The van der Waals surface area contributed by atoms with Crippen LogP contribution >= 0.6 is 0 Å². The lowest BCUT2D eigenvalue weighted by Gasteiger charge is -2.20. The molecule has 0 rings (SSSR count). The Kier molecular flexibility index (Phi) is 4.27. The van der Waals surface area contributed by atoms with Crippen LogP contribution in [-0.4, -0.2) is 11.4 Å². The minimum Gasteiger partial charge on any atom is -0.337 e. The Balaban J connectivity index is 4.42. The molecule has 0 aliphatic carbocycles. The van der Waals surface area contributed by atoms with Crippen LogP contribution in [0.2, 0.25) is 0 Å². The van der Waals surface area contributed by atoms with Crippen LogP contribution in [0.1, 0.15) is 34.1 Å². The summed E-state index contributed by atoms with van der Waals surface area (Å²) in [6.45, 7) is 7.39. The van der Waals surface area contributed by atoms with E-state index in [9.17, 15) is 4.79 Å². The second-order valence-electron chi connectivity index (χ2n) is 3.39. The summed E-state index contributed by atoms with van der Waals surface area (Å²) in [6, 6.07) is 0. The summed E-state index contributed by atoms with van der Waals surface area (Å²) in [5.74, 6) is 2.44. The maximum Gasteiger partial charge on any atom is 0.248 e. The highest BCUT2D eigenvalue weighted by Crippen LogP contribution is 2.05. The van der Waals surface area contributed by atoms with Crippen molar-refractivity contribution in [3.05, 3.63) is 11.6 Å². The van der Waals surface area contributed by atoms with Crippen LogP contribution in [0.4, 0.5) is 0 Å². The van der Waals surface area contributed by atoms with Gasteiger partial charge >= 0.3 is 0 Å². The van der Waals surface area contributed by atoms with Gasteiger partial charge in [0.25, 0.3) is 0 Å². The molecule has 0 saturated heterocycles. The van der Waals surface area contributed by atoms with Crippen LogP contribution in [0.25, 0.3) is 0 Å². The summed E-state index contributed by atoms with van der Waals surface area (Å²) in [5, 5.41) is 2.76. The van der Waals surface area contributed by atoms with Crippen LogP contribution < -0.4 is 5.32 Å². The zero-order valence-electron chi connectivity index (χ0n) is 8.77. The molecule has 72 valence electrons. The van der Waals surface area contributed by atoms with Crippen molar-refractivity contribution in [2.75, 3.05) is 0 Å². The standard InChI is InChI=1S/C11H17NO/c1-6-9(7-2)10(13)12-11(4,5)8-3/h3,6H,7H2,1-2,4-5H3,(H,12,13)/b9-6-. The predicted octanol–water partition coefficient (Wildman–Crippen LogP) is 1.87. The lowest BCUT2D eigenvalue weighted by atomic mass is 10.1. The van der Waals surface area contributed by atoms with Crippen molar-refractivity contribution in [2.24, 2.45) is 0 Å². The van der Waals surface area contributed by atoms with Crippen molar-refractivity contribution in [2.45, 2.75) is 39.7 Å². The van der Waals surface area contributed by atoms with Gasteiger partial charge in [-0.25, -0.2) is 0 Å². The lowest BCUT2D eigenvalue weighted by Crippen LogP contribution is -2.42. The van der Waals surface area contributed by atoms with Gasteiger partial charge in [-0.1, -0.05) is 18.9 Å². The fourth-order valence-electron chi connectivity index (χ4n) is 0.896. The lowest BCUT2D eigenvalue weighted by molar-refractivity contribution is -0.118. The van der Waals surface area contributed by atoms with Gasteiger partial charge in [0, 0.05) is 5.57 Å². The van der Waals surface area contributed by atoms with E-state index in [4.69, 9.17) is 6.42 Å². The topological polar surface area (TPSA) is 29.1 Å². The fraction of sp³-hybridized carbons (Fsp3) is 0.545. The minimum atomic E-state index is -0.569. The Morgan fingerprint density at radius 2 is 2.15 bits per heavy atom. The third-order valence-electron chi connectivity index (χ3n) is 1.81. The minimum absolute atomic E-state index is 0.0760. The van der Waals surface area contributed by atoms with Crippen molar-refractivity contribution in [1.29, 1.82) is 0 Å². The highest BCUT2D eigenvalue weighted by molar-refractivity contribution is 5.93. The third kappa shape index (κ3) is 3.80. The average molecular weight is 179 g/mol. The molecule has 13 heavy (non-hydrogen) atoms. The van der Waals surface area contributed by atoms with Crippen LogP contribution in [0, 0.1) is 12.3 Å². The summed E-state index contributed by atoms with van der Waals surface area (Å²) in [7, 11) is 0. The Labute approximate surface area is 80.4 Å². The third-order valence-corrected chi connectivity index (χ3v) is 1.81. The number of nitrogens with one attached hydrogen (secondary N) is 1. The highest BCUT2D eigenvalue weighted by atomic mass is 16.1. The molecule has 0 bridgehead atoms. The quantitative estimate of drug-likeness (QED) is 0.520. The molecule has 0 aromatic carbocycles. The van der Waals surface area contributed by atoms with E-state index < -0.39 is 5.54 Å². The molecular weight excluding hydrogens is 162 g/mol. The monoisotopic (exact) mass is 179 g/mol. The Morgan fingerprint density at radius 3 is 2.46 bits per heavy atom. The van der Waals surface area contributed by atoms with E-state index in [0.717, 1.165) is 12.0 Å². The number of terminal acetylenes is 1. The number of hydrogen-bond acceptors (Lipinski definition) is 1. The maximum atomic E-state index is 11.5. The molecule has 2 heteroatoms.